The van der Waals surface area contributed by atoms with E-state index in [-0.39, 0.29) is 11.3 Å². The molecule has 2 rings (SSSR count). The first kappa shape index (κ1) is 12.3. The maximum absolute atomic E-state index is 13.7. The molecule has 0 amide bonds. The van der Waals surface area contributed by atoms with Crippen molar-refractivity contribution >= 4 is 11.5 Å². The zero-order chi connectivity index (χ0) is 13.3. The third-order valence-electron chi connectivity index (χ3n) is 3.01. The number of hydrogen-bond acceptors (Lipinski definition) is 2. The Morgan fingerprint density at radius 1 is 1.06 bits per heavy atom. The van der Waals surface area contributed by atoms with Crippen LogP contribution in [0.5, 0.6) is 0 Å². The number of aryl methyl sites for hydroxylation is 2. The third-order valence-corrected chi connectivity index (χ3v) is 3.01. The molecule has 2 N–H and O–H groups in total. The van der Waals surface area contributed by atoms with Crippen LogP contribution in [0.2, 0.25) is 0 Å². The summed E-state index contributed by atoms with van der Waals surface area (Å²) in [5.74, 6) is -0.908. The molecule has 0 saturated carbocycles. The molecule has 0 bridgehead atoms. The van der Waals surface area contributed by atoms with Gasteiger partial charge in [0.25, 0.3) is 0 Å². The van der Waals surface area contributed by atoms with Gasteiger partial charge in [0, 0.05) is 11.3 Å². The molecule has 2 aromatic carbocycles. The molecule has 92 valence electrons. The molecule has 0 unspecified atom stereocenters. The zero-order valence-electron chi connectivity index (χ0n) is 10.3. The van der Waals surface area contributed by atoms with Crippen molar-refractivity contribution in [1.82, 2.24) is 0 Å². The Hall–Kier alpha value is -2.16. The lowest BCUT2D eigenvalue weighted by Crippen LogP contribution is -2.05. The van der Waals surface area contributed by atoms with Gasteiger partial charge in [-0.2, -0.15) is 0 Å². The van der Waals surface area contributed by atoms with Crippen LogP contribution in [0.3, 0.4) is 0 Å². The van der Waals surface area contributed by atoms with Gasteiger partial charge in [0.15, 0.2) is 5.78 Å². The van der Waals surface area contributed by atoms with Crippen molar-refractivity contribution in [3.05, 3.63) is 64.5 Å². The van der Waals surface area contributed by atoms with Crippen LogP contribution < -0.4 is 5.73 Å². The molecular weight excluding hydrogens is 229 g/mol. The Morgan fingerprint density at radius 2 is 1.78 bits per heavy atom. The van der Waals surface area contributed by atoms with Gasteiger partial charge in [-0.05, 0) is 49.2 Å². The van der Waals surface area contributed by atoms with Crippen molar-refractivity contribution in [2.75, 3.05) is 5.73 Å². The fourth-order valence-electron chi connectivity index (χ4n) is 1.75. The standard InChI is InChI=1S/C15H14FNO/c1-9-3-4-11(7-10(9)2)15(18)13-6-5-12(17)8-14(13)16/h3-8H,17H2,1-2H3. The highest BCUT2D eigenvalue weighted by molar-refractivity contribution is 6.09. The topological polar surface area (TPSA) is 43.1 Å². The first-order valence-electron chi connectivity index (χ1n) is 5.66. The summed E-state index contributed by atoms with van der Waals surface area (Å²) < 4.78 is 13.7. The van der Waals surface area contributed by atoms with Gasteiger partial charge in [-0.3, -0.25) is 4.79 Å². The lowest BCUT2D eigenvalue weighted by molar-refractivity contribution is 0.103. The number of carbonyl (C=O) groups is 1. The summed E-state index contributed by atoms with van der Waals surface area (Å²) in [6.45, 7) is 3.89. The van der Waals surface area contributed by atoms with Crippen molar-refractivity contribution in [2.24, 2.45) is 0 Å². The van der Waals surface area contributed by atoms with Crippen LogP contribution in [0.1, 0.15) is 27.0 Å². The van der Waals surface area contributed by atoms with Gasteiger partial charge in [-0.1, -0.05) is 12.1 Å². The number of carbonyl (C=O) groups excluding carboxylic acids is 1. The van der Waals surface area contributed by atoms with Crippen molar-refractivity contribution in [2.45, 2.75) is 13.8 Å². The Labute approximate surface area is 105 Å². The number of anilines is 1. The summed E-state index contributed by atoms with van der Waals surface area (Å²) in [4.78, 5) is 12.2. The molecule has 0 aliphatic heterocycles. The van der Waals surface area contributed by atoms with Crippen LogP contribution in [-0.4, -0.2) is 5.78 Å². The van der Waals surface area contributed by atoms with Crippen LogP contribution in [0.4, 0.5) is 10.1 Å². The molecule has 2 aromatic rings. The molecule has 0 saturated heterocycles. The monoisotopic (exact) mass is 243 g/mol. The molecule has 2 nitrogen and oxygen atoms in total. The van der Waals surface area contributed by atoms with E-state index in [0.717, 1.165) is 17.2 Å². The van der Waals surface area contributed by atoms with E-state index in [1.807, 2.05) is 19.9 Å². The quantitative estimate of drug-likeness (QED) is 0.650. The van der Waals surface area contributed by atoms with E-state index in [4.69, 9.17) is 5.73 Å². The highest BCUT2D eigenvalue weighted by atomic mass is 19.1. The summed E-state index contributed by atoms with van der Waals surface area (Å²) >= 11 is 0. The first-order valence-corrected chi connectivity index (χ1v) is 5.66. The Kier molecular flexibility index (Phi) is 3.15. The summed E-state index contributed by atoms with van der Waals surface area (Å²) in [5.41, 5.74) is 8.42. The summed E-state index contributed by atoms with van der Waals surface area (Å²) in [6, 6.07) is 9.44. The fraction of sp³-hybridized carbons (Fsp3) is 0.133. The van der Waals surface area contributed by atoms with Gasteiger partial charge >= 0.3 is 0 Å². The van der Waals surface area contributed by atoms with E-state index in [1.165, 1.54) is 12.1 Å². The molecule has 0 heterocycles. The van der Waals surface area contributed by atoms with Gasteiger partial charge in [-0.15, -0.1) is 0 Å². The fourth-order valence-corrected chi connectivity index (χ4v) is 1.75. The molecule has 0 fully saturated rings. The normalized spacial score (nSPS) is 10.4. The number of hydrogen-bond donors (Lipinski definition) is 1. The van der Waals surface area contributed by atoms with Crippen LogP contribution in [0.15, 0.2) is 36.4 Å². The Balaban J connectivity index is 2.44. The second-order valence-corrected chi connectivity index (χ2v) is 4.37. The molecule has 0 aliphatic carbocycles. The van der Waals surface area contributed by atoms with Crippen LogP contribution in [0.25, 0.3) is 0 Å². The van der Waals surface area contributed by atoms with Gasteiger partial charge in [0.05, 0.1) is 5.56 Å². The molecule has 0 radical (unpaired) electrons. The second kappa shape index (κ2) is 4.61. The number of halogens is 1. The molecule has 0 aliphatic rings. The zero-order valence-corrected chi connectivity index (χ0v) is 10.3. The smallest absolute Gasteiger partial charge is 0.195 e. The third kappa shape index (κ3) is 2.25. The minimum absolute atomic E-state index is 0.0486. The summed E-state index contributed by atoms with van der Waals surface area (Å²) in [7, 11) is 0. The predicted molar refractivity (Wildman–Crippen MR) is 70.2 cm³/mol. The van der Waals surface area contributed by atoms with E-state index in [2.05, 4.69) is 0 Å². The molecular formula is C15H14FNO. The number of rotatable bonds is 2. The van der Waals surface area contributed by atoms with Crippen LogP contribution in [0, 0.1) is 19.7 Å². The average molecular weight is 243 g/mol. The number of benzene rings is 2. The SMILES string of the molecule is Cc1ccc(C(=O)c2ccc(N)cc2F)cc1C. The van der Waals surface area contributed by atoms with Crippen LogP contribution in [-0.2, 0) is 0 Å². The minimum Gasteiger partial charge on any atom is -0.399 e. The maximum Gasteiger partial charge on any atom is 0.195 e. The largest absolute Gasteiger partial charge is 0.399 e. The highest BCUT2D eigenvalue weighted by Crippen LogP contribution is 2.18. The summed E-state index contributed by atoms with van der Waals surface area (Å²) in [5, 5.41) is 0. The lowest BCUT2D eigenvalue weighted by atomic mass is 9.99. The van der Waals surface area contributed by atoms with E-state index < -0.39 is 5.82 Å². The predicted octanol–water partition coefficient (Wildman–Crippen LogP) is 3.26. The molecule has 0 aromatic heterocycles. The van der Waals surface area contributed by atoms with Crippen molar-refractivity contribution in [1.29, 1.82) is 0 Å². The molecule has 0 spiro atoms. The molecule has 18 heavy (non-hydrogen) atoms. The molecule has 3 heteroatoms. The maximum atomic E-state index is 13.7. The van der Waals surface area contributed by atoms with Gasteiger partial charge in [-0.25, -0.2) is 4.39 Å². The van der Waals surface area contributed by atoms with E-state index >= 15 is 0 Å². The van der Waals surface area contributed by atoms with Crippen molar-refractivity contribution < 1.29 is 9.18 Å². The lowest BCUT2D eigenvalue weighted by Gasteiger charge is -2.06. The van der Waals surface area contributed by atoms with E-state index in [1.54, 1.807) is 12.1 Å². The first-order chi connectivity index (χ1) is 8.49. The Bertz CT molecular complexity index is 620. The number of nitrogen functional groups attached to an aromatic ring is 1. The van der Waals surface area contributed by atoms with Crippen molar-refractivity contribution in [3.63, 3.8) is 0 Å². The average Bonchev–Trinajstić information content (AvgIpc) is 2.32. The highest BCUT2D eigenvalue weighted by Gasteiger charge is 2.14. The van der Waals surface area contributed by atoms with E-state index in [9.17, 15) is 9.18 Å². The van der Waals surface area contributed by atoms with Crippen LogP contribution >= 0.6 is 0 Å². The minimum atomic E-state index is -0.585. The van der Waals surface area contributed by atoms with E-state index in [0.29, 0.717) is 11.3 Å². The summed E-state index contributed by atoms with van der Waals surface area (Å²) in [6.07, 6.45) is 0. The second-order valence-electron chi connectivity index (χ2n) is 4.37. The van der Waals surface area contributed by atoms with Gasteiger partial charge < -0.3 is 5.73 Å². The molecule has 0 atom stereocenters. The Morgan fingerprint density at radius 3 is 2.39 bits per heavy atom. The number of ketones is 1. The van der Waals surface area contributed by atoms with Gasteiger partial charge in [0.2, 0.25) is 0 Å². The number of nitrogens with two attached hydrogens (primary N) is 1. The van der Waals surface area contributed by atoms with Gasteiger partial charge in [0.1, 0.15) is 5.82 Å². The van der Waals surface area contributed by atoms with Crippen molar-refractivity contribution in [3.8, 4) is 0 Å².